The fourth-order valence-electron chi connectivity index (χ4n) is 6.23. The molecule has 6 rings (SSSR count). The summed E-state index contributed by atoms with van der Waals surface area (Å²) in [5, 5.41) is 0. The summed E-state index contributed by atoms with van der Waals surface area (Å²) in [6, 6.07) is 3.01. The minimum atomic E-state index is -1.20. The normalized spacial score (nSPS) is 15.7. The highest BCUT2D eigenvalue weighted by Crippen LogP contribution is 2.48. The third-order valence-corrected chi connectivity index (χ3v) is 9.21. The van der Waals surface area contributed by atoms with Gasteiger partial charge in [0.2, 0.25) is 0 Å². The van der Waals surface area contributed by atoms with Crippen LogP contribution in [0, 0.1) is 34.9 Å². The van der Waals surface area contributed by atoms with Gasteiger partial charge in [-0.1, -0.05) is 12.8 Å². The van der Waals surface area contributed by atoms with E-state index in [0.29, 0.717) is 61.4 Å². The molecule has 2 aliphatic rings. The molecule has 2 saturated carbocycles. The lowest BCUT2D eigenvalue weighted by Gasteiger charge is -2.42. The number of nitrogens with zero attached hydrogens (tertiary/aromatic N) is 4. The van der Waals surface area contributed by atoms with Crippen LogP contribution in [0.2, 0.25) is 0 Å². The van der Waals surface area contributed by atoms with Gasteiger partial charge in [-0.25, -0.2) is 51.1 Å². The molecule has 4 aromatic rings. The van der Waals surface area contributed by atoms with E-state index in [0.717, 1.165) is 25.0 Å². The van der Waals surface area contributed by atoms with E-state index in [-0.39, 0.29) is 42.0 Å². The molecule has 0 atom stereocenters. The summed E-state index contributed by atoms with van der Waals surface area (Å²) >= 11 is 0. The van der Waals surface area contributed by atoms with Crippen molar-refractivity contribution >= 4 is 11.8 Å². The second-order valence-corrected chi connectivity index (χ2v) is 12.2. The highest BCUT2D eigenvalue weighted by atomic mass is 19.2. The van der Waals surface area contributed by atoms with E-state index >= 15 is 0 Å². The first-order valence-corrected chi connectivity index (χ1v) is 15.7. The highest BCUT2D eigenvalue weighted by Gasteiger charge is 2.43. The van der Waals surface area contributed by atoms with Gasteiger partial charge in [0.25, 0.3) is 0 Å². The molecule has 2 aromatic carbocycles. The Morgan fingerprint density at radius 1 is 0.653 bits per heavy atom. The Bertz CT molecular complexity index is 1830. The van der Waals surface area contributed by atoms with Crippen LogP contribution in [0.4, 0.5) is 26.3 Å². The van der Waals surface area contributed by atoms with Crippen molar-refractivity contribution in [3.8, 4) is 0 Å². The third-order valence-electron chi connectivity index (χ3n) is 9.21. The first-order chi connectivity index (χ1) is 23.4. The van der Waals surface area contributed by atoms with Crippen LogP contribution in [0.3, 0.4) is 0 Å². The van der Waals surface area contributed by atoms with Gasteiger partial charge < -0.3 is 10.5 Å². The fraction of sp³-hybridized carbons (Fsp3) is 0.371. The number of carbonyl (C=O) groups is 2. The third kappa shape index (κ3) is 7.64. The van der Waals surface area contributed by atoms with Gasteiger partial charge in [0, 0.05) is 60.6 Å². The second kappa shape index (κ2) is 14.8. The maximum Gasteiger partial charge on any atom is 0.341 e. The average Bonchev–Trinajstić information content (AvgIpc) is 3.05. The number of hydrogen-bond donors (Lipinski definition) is 1. The maximum atomic E-state index is 14.2. The standard InChI is InChI=1S/C18H17F3N2O2.C17H16F3N3O/c1-2-25-17(24)11-9-22-16(23-10-11)8-18(4-3-5-18)12-6-14(20)15(21)7-13(12)19;18-12-5-14(20)13(19)4-11(12)17(2-1-3-17)6-16-22-8-10(9-23-16)15(24)7-21/h6-7,9-10H,2-5,8H2,1H3;4-5,8-9H,1-3,6-7,21H2. The lowest BCUT2D eigenvalue weighted by molar-refractivity contribution is 0.0525. The first-order valence-electron chi connectivity index (χ1n) is 15.7. The minimum absolute atomic E-state index is 0.132. The van der Waals surface area contributed by atoms with Gasteiger partial charge in [-0.05, 0) is 55.9 Å². The van der Waals surface area contributed by atoms with Crippen LogP contribution in [-0.2, 0) is 28.4 Å². The number of Topliss-reactive ketones (excluding diaryl/α,β-unsaturated/α-hetero) is 1. The number of carbonyl (C=O) groups excluding carboxylic acids is 2. The van der Waals surface area contributed by atoms with Gasteiger partial charge in [0.05, 0.1) is 24.3 Å². The quantitative estimate of drug-likeness (QED) is 0.0878. The van der Waals surface area contributed by atoms with Crippen molar-refractivity contribution in [3.63, 3.8) is 0 Å². The summed E-state index contributed by atoms with van der Waals surface area (Å²) in [6.45, 7) is 1.82. The Morgan fingerprint density at radius 2 is 1.04 bits per heavy atom. The van der Waals surface area contributed by atoms with Crippen LogP contribution < -0.4 is 5.73 Å². The lowest BCUT2D eigenvalue weighted by Crippen LogP contribution is -2.38. The number of ether oxygens (including phenoxy) is 1. The number of esters is 1. The molecule has 0 spiro atoms. The van der Waals surface area contributed by atoms with Crippen LogP contribution in [0.15, 0.2) is 49.1 Å². The summed E-state index contributed by atoms with van der Waals surface area (Å²) in [6.07, 6.45) is 10.3. The van der Waals surface area contributed by atoms with Gasteiger partial charge >= 0.3 is 5.97 Å². The van der Waals surface area contributed by atoms with Crippen LogP contribution in [0.1, 0.15) is 88.9 Å². The average molecular weight is 686 g/mol. The lowest BCUT2D eigenvalue weighted by atomic mass is 9.62. The molecule has 0 radical (unpaired) electrons. The molecule has 0 aliphatic heterocycles. The van der Waals surface area contributed by atoms with Gasteiger partial charge in [-0.15, -0.1) is 0 Å². The molecule has 0 bridgehead atoms. The molecule has 2 N–H and O–H groups in total. The molecule has 2 heterocycles. The Balaban J connectivity index is 0.000000191. The molecule has 0 amide bonds. The van der Waals surface area contributed by atoms with Gasteiger partial charge in [-0.2, -0.15) is 0 Å². The second-order valence-electron chi connectivity index (χ2n) is 12.2. The van der Waals surface area contributed by atoms with E-state index < -0.39 is 51.7 Å². The van der Waals surface area contributed by atoms with Gasteiger partial charge in [0.15, 0.2) is 29.1 Å². The Kier molecular flexibility index (Phi) is 10.8. The molecule has 0 saturated heterocycles. The molecule has 49 heavy (non-hydrogen) atoms. The molecule has 258 valence electrons. The monoisotopic (exact) mass is 685 g/mol. The van der Waals surface area contributed by atoms with E-state index in [2.05, 4.69) is 19.9 Å². The molecule has 0 unspecified atom stereocenters. The molecule has 2 aliphatic carbocycles. The minimum Gasteiger partial charge on any atom is -0.462 e. The zero-order chi connectivity index (χ0) is 35.3. The largest absolute Gasteiger partial charge is 0.462 e. The van der Waals surface area contributed by atoms with E-state index in [9.17, 15) is 35.9 Å². The number of benzene rings is 2. The molecule has 2 fully saturated rings. The van der Waals surface area contributed by atoms with Crippen molar-refractivity contribution < 1.29 is 40.7 Å². The molecule has 8 nitrogen and oxygen atoms in total. The zero-order valence-corrected chi connectivity index (χ0v) is 26.5. The molecule has 2 aromatic heterocycles. The maximum absolute atomic E-state index is 14.2. The van der Waals surface area contributed by atoms with E-state index in [1.807, 2.05) is 0 Å². The van der Waals surface area contributed by atoms with Crippen LogP contribution in [-0.4, -0.2) is 44.8 Å². The molecule has 14 heteroatoms. The van der Waals surface area contributed by atoms with Crippen molar-refractivity contribution in [2.24, 2.45) is 5.73 Å². The van der Waals surface area contributed by atoms with Crippen molar-refractivity contribution in [1.29, 1.82) is 0 Å². The Morgan fingerprint density at radius 3 is 1.39 bits per heavy atom. The number of aromatic nitrogens is 4. The summed E-state index contributed by atoms with van der Waals surface area (Å²) in [5.41, 5.74) is 4.83. The predicted octanol–water partition coefficient (Wildman–Crippen LogP) is 6.43. The van der Waals surface area contributed by atoms with Crippen LogP contribution in [0.5, 0.6) is 0 Å². The van der Waals surface area contributed by atoms with Crippen molar-refractivity contribution in [2.75, 3.05) is 13.2 Å². The highest BCUT2D eigenvalue weighted by molar-refractivity contribution is 5.96. The van der Waals surface area contributed by atoms with E-state index in [4.69, 9.17) is 10.5 Å². The van der Waals surface area contributed by atoms with E-state index in [1.165, 1.54) is 24.8 Å². The van der Waals surface area contributed by atoms with E-state index in [1.54, 1.807) is 6.92 Å². The number of halogens is 6. The van der Waals surface area contributed by atoms with Crippen molar-refractivity contribution in [2.45, 2.75) is 69.1 Å². The van der Waals surface area contributed by atoms with Gasteiger partial charge in [-0.3, -0.25) is 4.79 Å². The summed E-state index contributed by atoms with van der Waals surface area (Å²) in [7, 11) is 0. The van der Waals surface area contributed by atoms with Gasteiger partial charge in [0.1, 0.15) is 23.3 Å². The number of ketones is 1. The topological polar surface area (TPSA) is 121 Å². The number of hydrogen-bond acceptors (Lipinski definition) is 8. The Hall–Kier alpha value is -4.72. The van der Waals surface area contributed by atoms with Crippen molar-refractivity contribution in [3.05, 3.63) is 118 Å². The molecular weight excluding hydrogens is 652 g/mol. The summed E-state index contributed by atoms with van der Waals surface area (Å²) in [4.78, 5) is 39.6. The Labute approximate surface area is 278 Å². The summed E-state index contributed by atoms with van der Waals surface area (Å²) < 4.78 is 86.7. The smallest absolute Gasteiger partial charge is 0.341 e. The first kappa shape index (κ1) is 35.6. The summed E-state index contributed by atoms with van der Waals surface area (Å²) in [5.74, 6) is -6.01. The van der Waals surface area contributed by atoms with Crippen LogP contribution >= 0.6 is 0 Å². The number of rotatable bonds is 10. The SMILES string of the molecule is CCOC(=O)c1cnc(CC2(c3cc(F)c(F)cc3F)CCC2)nc1.NCC(=O)c1cnc(CC2(c3cc(F)c(F)cc3F)CCC2)nc1. The predicted molar refractivity (Wildman–Crippen MR) is 165 cm³/mol. The van der Waals surface area contributed by atoms with Crippen LogP contribution in [0.25, 0.3) is 0 Å². The fourth-order valence-corrected chi connectivity index (χ4v) is 6.23. The zero-order valence-electron chi connectivity index (χ0n) is 26.5. The molecular formula is C35H33F6N5O3. The van der Waals surface area contributed by atoms with Crippen molar-refractivity contribution in [1.82, 2.24) is 19.9 Å². The number of nitrogens with two attached hydrogens (primary N) is 1.